The van der Waals surface area contributed by atoms with E-state index in [2.05, 4.69) is 22.8 Å². The lowest BCUT2D eigenvalue weighted by Crippen LogP contribution is -2.30. The molecule has 2 amide bonds. The highest BCUT2D eigenvalue weighted by Gasteiger charge is 2.22. The molecule has 5 heteroatoms. The number of rotatable bonds is 7. The fourth-order valence-electron chi connectivity index (χ4n) is 3.76. The molecule has 1 unspecified atom stereocenters. The molecule has 0 spiro atoms. The second-order valence-electron chi connectivity index (χ2n) is 7.35. The standard InChI is InChI=1S/C22H28N2O2S/c1-16(25)23-15-19-12-13-21(27-19)22(26)24-20(18-10-6-3-7-11-18)14-17-8-4-2-5-9-17/h3,6-7,10-13,17,20H,2,4-5,8-9,14-15H2,1H3,(H,23,25)(H,24,26). The Morgan fingerprint density at radius 3 is 2.52 bits per heavy atom. The van der Waals surface area contributed by atoms with Crippen LogP contribution in [0.2, 0.25) is 0 Å². The van der Waals surface area contributed by atoms with E-state index in [1.54, 1.807) is 0 Å². The molecule has 3 rings (SSSR count). The Hall–Kier alpha value is -2.14. The van der Waals surface area contributed by atoms with Crippen molar-refractivity contribution in [2.24, 2.45) is 5.92 Å². The van der Waals surface area contributed by atoms with Gasteiger partial charge in [-0.25, -0.2) is 0 Å². The molecule has 0 aliphatic heterocycles. The average Bonchev–Trinajstić information content (AvgIpc) is 3.16. The van der Waals surface area contributed by atoms with Crippen molar-refractivity contribution in [1.82, 2.24) is 10.6 Å². The molecule has 0 saturated heterocycles. The molecular weight excluding hydrogens is 356 g/mol. The van der Waals surface area contributed by atoms with Gasteiger partial charge in [0.1, 0.15) is 0 Å². The van der Waals surface area contributed by atoms with E-state index in [0.29, 0.717) is 17.3 Å². The van der Waals surface area contributed by atoms with Gasteiger partial charge in [-0.05, 0) is 30.0 Å². The number of carbonyl (C=O) groups is 2. The maximum Gasteiger partial charge on any atom is 0.261 e. The summed E-state index contributed by atoms with van der Waals surface area (Å²) in [6.07, 6.45) is 7.47. The lowest BCUT2D eigenvalue weighted by Gasteiger charge is -2.27. The number of thiophene rings is 1. The lowest BCUT2D eigenvalue weighted by atomic mass is 9.83. The van der Waals surface area contributed by atoms with Crippen LogP contribution in [0.1, 0.15) is 71.6 Å². The SMILES string of the molecule is CC(=O)NCc1ccc(C(=O)NC(CC2CCCCC2)c2ccccc2)s1. The quantitative estimate of drug-likeness (QED) is 0.719. The van der Waals surface area contributed by atoms with Crippen molar-refractivity contribution in [3.05, 3.63) is 57.8 Å². The van der Waals surface area contributed by atoms with Crippen LogP contribution >= 0.6 is 11.3 Å². The second kappa shape index (κ2) is 9.70. The monoisotopic (exact) mass is 384 g/mol. The first-order valence-electron chi connectivity index (χ1n) is 9.81. The molecule has 1 saturated carbocycles. The van der Waals surface area contributed by atoms with Crippen LogP contribution in [0.25, 0.3) is 0 Å². The van der Waals surface area contributed by atoms with Crippen LogP contribution < -0.4 is 10.6 Å². The summed E-state index contributed by atoms with van der Waals surface area (Å²) >= 11 is 1.44. The molecule has 144 valence electrons. The molecular formula is C22H28N2O2S. The number of amides is 2. The number of benzene rings is 1. The van der Waals surface area contributed by atoms with Crippen molar-refractivity contribution < 1.29 is 9.59 Å². The molecule has 0 radical (unpaired) electrons. The zero-order valence-corrected chi connectivity index (χ0v) is 16.7. The highest BCUT2D eigenvalue weighted by Crippen LogP contribution is 2.32. The molecule has 1 heterocycles. The summed E-state index contributed by atoms with van der Waals surface area (Å²) in [6.45, 7) is 1.97. The molecule has 4 nitrogen and oxygen atoms in total. The van der Waals surface area contributed by atoms with Crippen molar-refractivity contribution in [1.29, 1.82) is 0 Å². The van der Waals surface area contributed by atoms with Crippen LogP contribution in [0.3, 0.4) is 0 Å². The van der Waals surface area contributed by atoms with Gasteiger partial charge in [0.15, 0.2) is 0 Å². The van der Waals surface area contributed by atoms with E-state index >= 15 is 0 Å². The first-order valence-corrected chi connectivity index (χ1v) is 10.6. The molecule has 27 heavy (non-hydrogen) atoms. The Morgan fingerprint density at radius 2 is 1.81 bits per heavy atom. The van der Waals surface area contributed by atoms with E-state index in [9.17, 15) is 9.59 Å². The smallest absolute Gasteiger partial charge is 0.261 e. The third kappa shape index (κ3) is 5.93. The van der Waals surface area contributed by atoms with Crippen molar-refractivity contribution in [2.45, 2.75) is 58.0 Å². The maximum absolute atomic E-state index is 12.8. The Morgan fingerprint density at radius 1 is 1.07 bits per heavy atom. The van der Waals surface area contributed by atoms with Crippen molar-refractivity contribution in [2.75, 3.05) is 0 Å². The Kier molecular flexibility index (Phi) is 7.04. The largest absolute Gasteiger partial charge is 0.351 e. The number of hydrogen-bond acceptors (Lipinski definition) is 3. The van der Waals surface area contributed by atoms with E-state index < -0.39 is 0 Å². The minimum Gasteiger partial charge on any atom is -0.351 e. The first-order chi connectivity index (χ1) is 13.1. The maximum atomic E-state index is 12.8. The van der Waals surface area contributed by atoms with Crippen LogP contribution in [0.15, 0.2) is 42.5 Å². The number of hydrogen-bond donors (Lipinski definition) is 2. The van der Waals surface area contributed by atoms with Gasteiger partial charge >= 0.3 is 0 Å². The Balaban J connectivity index is 1.67. The van der Waals surface area contributed by atoms with Crippen LogP contribution in [0.5, 0.6) is 0 Å². The molecule has 2 N–H and O–H groups in total. The van der Waals surface area contributed by atoms with Crippen molar-refractivity contribution >= 4 is 23.2 Å². The van der Waals surface area contributed by atoms with Gasteiger partial charge in [0.05, 0.1) is 17.5 Å². The summed E-state index contributed by atoms with van der Waals surface area (Å²) < 4.78 is 0. The fourth-order valence-corrected chi connectivity index (χ4v) is 4.61. The van der Waals surface area contributed by atoms with Crippen LogP contribution in [0.4, 0.5) is 0 Å². The highest BCUT2D eigenvalue weighted by atomic mass is 32.1. The van der Waals surface area contributed by atoms with Crippen molar-refractivity contribution in [3.8, 4) is 0 Å². The highest BCUT2D eigenvalue weighted by molar-refractivity contribution is 7.14. The molecule has 1 aromatic heterocycles. The number of nitrogens with one attached hydrogen (secondary N) is 2. The van der Waals surface area contributed by atoms with E-state index in [0.717, 1.165) is 11.3 Å². The zero-order chi connectivity index (χ0) is 19.1. The first kappa shape index (κ1) is 19.6. The average molecular weight is 385 g/mol. The zero-order valence-electron chi connectivity index (χ0n) is 15.9. The molecule has 1 aliphatic carbocycles. The van der Waals surface area contributed by atoms with Gasteiger partial charge in [0, 0.05) is 11.8 Å². The third-order valence-corrected chi connectivity index (χ3v) is 6.28. The van der Waals surface area contributed by atoms with Gasteiger partial charge in [0.25, 0.3) is 5.91 Å². The second-order valence-corrected chi connectivity index (χ2v) is 8.52. The summed E-state index contributed by atoms with van der Waals surface area (Å²) in [5.74, 6) is 0.590. The summed E-state index contributed by atoms with van der Waals surface area (Å²) in [7, 11) is 0. The van der Waals surface area contributed by atoms with Gasteiger partial charge in [-0.3, -0.25) is 9.59 Å². The summed E-state index contributed by atoms with van der Waals surface area (Å²) in [6, 6.07) is 14.1. The normalized spacial score (nSPS) is 15.9. The van der Waals surface area contributed by atoms with Gasteiger partial charge < -0.3 is 10.6 Å². The van der Waals surface area contributed by atoms with Crippen LogP contribution in [-0.4, -0.2) is 11.8 Å². The minimum absolute atomic E-state index is 0.0289. The predicted molar refractivity (Wildman–Crippen MR) is 110 cm³/mol. The van der Waals surface area contributed by atoms with Gasteiger partial charge in [-0.15, -0.1) is 11.3 Å². The van der Waals surface area contributed by atoms with Gasteiger partial charge in [-0.1, -0.05) is 62.4 Å². The molecule has 1 atom stereocenters. The summed E-state index contributed by atoms with van der Waals surface area (Å²) in [5, 5.41) is 6.03. The third-order valence-electron chi connectivity index (χ3n) is 5.20. The van der Waals surface area contributed by atoms with Crippen molar-refractivity contribution in [3.63, 3.8) is 0 Å². The van der Waals surface area contributed by atoms with Gasteiger partial charge in [-0.2, -0.15) is 0 Å². The number of carbonyl (C=O) groups excluding carboxylic acids is 2. The van der Waals surface area contributed by atoms with Crippen LogP contribution in [-0.2, 0) is 11.3 Å². The predicted octanol–water partition coefficient (Wildman–Crippen LogP) is 4.83. The molecule has 1 aliphatic rings. The lowest BCUT2D eigenvalue weighted by molar-refractivity contribution is -0.119. The molecule has 0 bridgehead atoms. The minimum atomic E-state index is -0.0639. The Labute approximate surface area is 165 Å². The summed E-state index contributed by atoms with van der Waals surface area (Å²) in [4.78, 5) is 25.6. The fraction of sp³-hybridized carbons (Fsp3) is 0.455. The topological polar surface area (TPSA) is 58.2 Å². The van der Waals surface area contributed by atoms with E-state index in [4.69, 9.17) is 0 Å². The van der Waals surface area contributed by atoms with E-state index in [1.165, 1.54) is 55.9 Å². The Bertz CT molecular complexity index is 751. The molecule has 1 aromatic carbocycles. The molecule has 1 fully saturated rings. The van der Waals surface area contributed by atoms with E-state index in [1.807, 2.05) is 30.3 Å². The van der Waals surface area contributed by atoms with Gasteiger partial charge in [0.2, 0.25) is 5.91 Å². The summed E-state index contributed by atoms with van der Waals surface area (Å²) in [5.41, 5.74) is 1.17. The van der Waals surface area contributed by atoms with E-state index in [-0.39, 0.29) is 17.9 Å². The van der Waals surface area contributed by atoms with Crippen LogP contribution in [0, 0.1) is 5.92 Å². The molecule has 2 aromatic rings.